The maximum atomic E-state index is 13.5. The van der Waals surface area contributed by atoms with Gasteiger partial charge in [-0.2, -0.15) is 0 Å². The summed E-state index contributed by atoms with van der Waals surface area (Å²) in [4.78, 5) is 12.0. The summed E-state index contributed by atoms with van der Waals surface area (Å²) in [7, 11) is 0. The highest BCUT2D eigenvalue weighted by Crippen LogP contribution is 2.27. The number of fused-ring (bicyclic) bond motifs is 1. The third-order valence-electron chi connectivity index (χ3n) is 3.52. The van der Waals surface area contributed by atoms with Crippen LogP contribution in [0.25, 0.3) is 0 Å². The molecule has 0 bridgehead atoms. The van der Waals surface area contributed by atoms with Crippen LogP contribution >= 0.6 is 0 Å². The zero-order chi connectivity index (χ0) is 14.3. The molecule has 0 saturated carbocycles. The van der Waals surface area contributed by atoms with Crippen LogP contribution in [0.5, 0.6) is 0 Å². The number of benzene rings is 1. The van der Waals surface area contributed by atoms with Crippen molar-refractivity contribution in [2.45, 2.75) is 24.4 Å². The number of hydrogen-bond acceptors (Lipinski definition) is 4. The molecule has 2 fully saturated rings. The molecule has 108 valence electrons. The number of aliphatic hydroxyl groups excluding tert-OH is 1. The van der Waals surface area contributed by atoms with E-state index in [2.05, 4.69) is 5.32 Å². The van der Waals surface area contributed by atoms with Crippen molar-refractivity contribution in [3.63, 3.8) is 0 Å². The van der Waals surface area contributed by atoms with Crippen molar-refractivity contribution in [2.24, 2.45) is 0 Å². The summed E-state index contributed by atoms with van der Waals surface area (Å²) in [6, 6.07) is 2.28. The van der Waals surface area contributed by atoms with Gasteiger partial charge in [0.25, 0.3) is 5.91 Å². The minimum Gasteiger partial charge on any atom is -0.388 e. The van der Waals surface area contributed by atoms with Crippen LogP contribution in [0.1, 0.15) is 10.4 Å². The highest BCUT2D eigenvalue weighted by Gasteiger charge is 2.47. The number of aliphatic hydroxyl groups is 1. The van der Waals surface area contributed by atoms with Gasteiger partial charge in [-0.05, 0) is 12.1 Å². The van der Waals surface area contributed by atoms with Crippen LogP contribution in [-0.4, -0.2) is 48.6 Å². The van der Waals surface area contributed by atoms with Gasteiger partial charge < -0.3 is 19.9 Å². The molecule has 0 aromatic heterocycles. The number of hydrogen-bond donors (Lipinski definition) is 2. The third-order valence-corrected chi connectivity index (χ3v) is 3.52. The Labute approximate surface area is 113 Å². The Hall–Kier alpha value is -1.57. The number of ether oxygens (including phenoxy) is 2. The summed E-state index contributed by atoms with van der Waals surface area (Å²) in [5, 5.41) is 12.2. The molecule has 0 aliphatic carbocycles. The lowest BCUT2D eigenvalue weighted by Crippen LogP contribution is -2.44. The van der Waals surface area contributed by atoms with Crippen LogP contribution in [0.2, 0.25) is 0 Å². The molecule has 2 heterocycles. The predicted octanol–water partition coefficient (Wildman–Crippen LogP) is 0.222. The van der Waals surface area contributed by atoms with Crippen molar-refractivity contribution >= 4 is 5.91 Å². The van der Waals surface area contributed by atoms with Gasteiger partial charge in [-0.3, -0.25) is 4.79 Å². The molecule has 1 aromatic carbocycles. The average molecular weight is 285 g/mol. The number of carbonyl (C=O) groups excluding carboxylic acids is 1. The van der Waals surface area contributed by atoms with Gasteiger partial charge in [-0.15, -0.1) is 0 Å². The first-order chi connectivity index (χ1) is 9.56. The fourth-order valence-corrected chi connectivity index (χ4v) is 2.52. The number of halogens is 2. The molecule has 2 N–H and O–H groups in total. The van der Waals surface area contributed by atoms with Gasteiger partial charge in [0.15, 0.2) is 0 Å². The molecule has 2 aliphatic rings. The number of carbonyl (C=O) groups is 1. The van der Waals surface area contributed by atoms with Crippen molar-refractivity contribution in [1.29, 1.82) is 0 Å². The topological polar surface area (TPSA) is 67.8 Å². The lowest BCUT2D eigenvalue weighted by molar-refractivity contribution is 0.0178. The lowest BCUT2D eigenvalue weighted by Gasteiger charge is -2.17. The van der Waals surface area contributed by atoms with Gasteiger partial charge >= 0.3 is 0 Å². The molecule has 4 atom stereocenters. The summed E-state index contributed by atoms with van der Waals surface area (Å²) in [6.07, 6.45) is -1.64. The standard InChI is InChI=1S/C13H13F2NO4/c14-6-1-2-7(8(15)3-6)13(18)16-9-4-19-12-10(17)5-20-11(9)12/h1-3,9-12,17H,4-5H2,(H,16,18)/t9-,10-,11-,12-/m1/s1. The van der Waals surface area contributed by atoms with Crippen LogP contribution in [-0.2, 0) is 9.47 Å². The SMILES string of the molecule is O=C(N[C@@H]1CO[C@H]2[C@@H]1OC[C@H]2O)c1ccc(F)cc1F. The van der Waals surface area contributed by atoms with E-state index < -0.39 is 41.9 Å². The van der Waals surface area contributed by atoms with Crippen LogP contribution < -0.4 is 5.32 Å². The highest BCUT2D eigenvalue weighted by atomic mass is 19.1. The highest BCUT2D eigenvalue weighted by molar-refractivity contribution is 5.94. The molecule has 7 heteroatoms. The fourth-order valence-electron chi connectivity index (χ4n) is 2.52. The quantitative estimate of drug-likeness (QED) is 0.816. The van der Waals surface area contributed by atoms with Gasteiger partial charge in [-0.25, -0.2) is 8.78 Å². The van der Waals surface area contributed by atoms with Gasteiger partial charge in [0, 0.05) is 6.07 Å². The van der Waals surface area contributed by atoms with Gasteiger partial charge in [0.05, 0.1) is 24.8 Å². The van der Waals surface area contributed by atoms with E-state index in [-0.39, 0.29) is 18.8 Å². The molecular weight excluding hydrogens is 272 g/mol. The van der Waals surface area contributed by atoms with E-state index in [1.54, 1.807) is 0 Å². The summed E-state index contributed by atoms with van der Waals surface area (Å²) in [6.45, 7) is 0.327. The maximum Gasteiger partial charge on any atom is 0.254 e. The van der Waals surface area contributed by atoms with Crippen molar-refractivity contribution < 1.29 is 28.2 Å². The Morgan fingerprint density at radius 3 is 2.75 bits per heavy atom. The fraction of sp³-hybridized carbons (Fsp3) is 0.462. The maximum absolute atomic E-state index is 13.5. The molecule has 0 unspecified atom stereocenters. The molecule has 5 nitrogen and oxygen atoms in total. The van der Waals surface area contributed by atoms with Crippen molar-refractivity contribution in [3.8, 4) is 0 Å². The van der Waals surface area contributed by atoms with Gasteiger partial charge in [0.1, 0.15) is 29.9 Å². The molecule has 2 aliphatic heterocycles. The first-order valence-corrected chi connectivity index (χ1v) is 6.23. The van der Waals surface area contributed by atoms with E-state index in [0.717, 1.165) is 12.1 Å². The van der Waals surface area contributed by atoms with E-state index in [1.165, 1.54) is 0 Å². The number of amides is 1. The Bertz CT molecular complexity index is 539. The second kappa shape index (κ2) is 5.08. The summed E-state index contributed by atoms with van der Waals surface area (Å²) in [5.41, 5.74) is -0.242. The monoisotopic (exact) mass is 285 g/mol. The molecule has 0 spiro atoms. The van der Waals surface area contributed by atoms with E-state index in [0.29, 0.717) is 6.07 Å². The summed E-state index contributed by atoms with van der Waals surface area (Å²) >= 11 is 0. The van der Waals surface area contributed by atoms with Crippen molar-refractivity contribution in [1.82, 2.24) is 5.32 Å². The molecular formula is C13H13F2NO4. The molecule has 20 heavy (non-hydrogen) atoms. The first kappa shape index (κ1) is 13.4. The lowest BCUT2D eigenvalue weighted by atomic mass is 10.1. The minimum atomic E-state index is -0.926. The Morgan fingerprint density at radius 1 is 1.25 bits per heavy atom. The Balaban J connectivity index is 1.70. The molecule has 3 rings (SSSR count). The number of rotatable bonds is 2. The normalized spacial score (nSPS) is 32.1. The third kappa shape index (κ3) is 2.28. The minimum absolute atomic E-state index is 0.145. The molecule has 1 amide bonds. The zero-order valence-corrected chi connectivity index (χ0v) is 10.4. The van der Waals surface area contributed by atoms with E-state index in [1.807, 2.05) is 0 Å². The molecule has 1 aromatic rings. The van der Waals surface area contributed by atoms with Crippen LogP contribution in [0.4, 0.5) is 8.78 Å². The van der Waals surface area contributed by atoms with Crippen molar-refractivity contribution in [2.75, 3.05) is 13.2 Å². The smallest absolute Gasteiger partial charge is 0.254 e. The van der Waals surface area contributed by atoms with E-state index in [4.69, 9.17) is 9.47 Å². The first-order valence-electron chi connectivity index (χ1n) is 6.23. The average Bonchev–Trinajstić information content (AvgIpc) is 2.94. The van der Waals surface area contributed by atoms with Crippen LogP contribution in [0, 0.1) is 11.6 Å². The van der Waals surface area contributed by atoms with Gasteiger partial charge in [0.2, 0.25) is 0 Å². The van der Waals surface area contributed by atoms with E-state index >= 15 is 0 Å². The van der Waals surface area contributed by atoms with Crippen molar-refractivity contribution in [3.05, 3.63) is 35.4 Å². The predicted molar refractivity (Wildman–Crippen MR) is 63.1 cm³/mol. The zero-order valence-electron chi connectivity index (χ0n) is 10.4. The van der Waals surface area contributed by atoms with E-state index in [9.17, 15) is 18.7 Å². The summed E-state index contributed by atoms with van der Waals surface area (Å²) in [5.74, 6) is -2.34. The van der Waals surface area contributed by atoms with Crippen LogP contribution in [0.15, 0.2) is 18.2 Å². The molecule has 0 radical (unpaired) electrons. The summed E-state index contributed by atoms with van der Waals surface area (Å²) < 4.78 is 37.0. The molecule has 2 saturated heterocycles. The van der Waals surface area contributed by atoms with Gasteiger partial charge in [-0.1, -0.05) is 0 Å². The number of nitrogens with one attached hydrogen (secondary N) is 1. The second-order valence-electron chi connectivity index (χ2n) is 4.87. The Kier molecular flexibility index (Phi) is 3.41. The van der Waals surface area contributed by atoms with Crippen LogP contribution in [0.3, 0.4) is 0 Å². The Morgan fingerprint density at radius 2 is 2.00 bits per heavy atom. The second-order valence-corrected chi connectivity index (χ2v) is 4.87. The largest absolute Gasteiger partial charge is 0.388 e.